The fourth-order valence-corrected chi connectivity index (χ4v) is 3.14. The van der Waals surface area contributed by atoms with E-state index < -0.39 is 0 Å². The van der Waals surface area contributed by atoms with Crippen LogP contribution in [0.3, 0.4) is 0 Å². The monoisotopic (exact) mass is 324 g/mol. The first-order valence-electron chi connectivity index (χ1n) is 7.75. The maximum Gasteiger partial charge on any atom is 0.311 e. The molecule has 1 fully saturated rings. The highest BCUT2D eigenvalue weighted by Crippen LogP contribution is 2.29. The molecule has 122 valence electrons. The SMILES string of the molecule is O=[N+]([O-])c1cccnc1N1CCN(c2cccc3[nH]cnc23)CC1. The van der Waals surface area contributed by atoms with E-state index in [9.17, 15) is 10.1 Å². The molecule has 3 aromatic rings. The van der Waals surface area contributed by atoms with E-state index in [2.05, 4.69) is 25.9 Å². The van der Waals surface area contributed by atoms with Gasteiger partial charge in [0, 0.05) is 38.4 Å². The average molecular weight is 324 g/mol. The van der Waals surface area contributed by atoms with E-state index in [0.29, 0.717) is 18.9 Å². The summed E-state index contributed by atoms with van der Waals surface area (Å²) in [7, 11) is 0. The molecule has 0 spiro atoms. The molecular formula is C16H16N6O2. The number of para-hydroxylation sites is 1. The summed E-state index contributed by atoms with van der Waals surface area (Å²) in [6.07, 6.45) is 3.29. The highest BCUT2D eigenvalue weighted by atomic mass is 16.6. The number of nitrogens with one attached hydrogen (secondary N) is 1. The largest absolute Gasteiger partial charge is 0.366 e. The Balaban J connectivity index is 1.55. The summed E-state index contributed by atoms with van der Waals surface area (Å²) in [6, 6.07) is 9.16. The number of aromatic nitrogens is 3. The zero-order valence-corrected chi connectivity index (χ0v) is 12.9. The minimum atomic E-state index is -0.376. The summed E-state index contributed by atoms with van der Waals surface area (Å²) in [5.74, 6) is 0.445. The number of hydrogen-bond donors (Lipinski definition) is 1. The molecule has 1 aromatic carbocycles. The van der Waals surface area contributed by atoms with Gasteiger partial charge >= 0.3 is 5.69 Å². The number of benzene rings is 1. The Morgan fingerprint density at radius 3 is 2.62 bits per heavy atom. The minimum absolute atomic E-state index is 0.0559. The molecule has 1 aliphatic rings. The van der Waals surface area contributed by atoms with Gasteiger partial charge in [0.2, 0.25) is 5.82 Å². The van der Waals surface area contributed by atoms with Crippen LogP contribution in [0.25, 0.3) is 11.0 Å². The molecule has 24 heavy (non-hydrogen) atoms. The highest BCUT2D eigenvalue weighted by Gasteiger charge is 2.25. The third-order valence-electron chi connectivity index (χ3n) is 4.31. The van der Waals surface area contributed by atoms with Gasteiger partial charge in [-0.3, -0.25) is 10.1 Å². The first-order valence-corrected chi connectivity index (χ1v) is 7.75. The summed E-state index contributed by atoms with van der Waals surface area (Å²) in [6.45, 7) is 2.89. The molecule has 0 radical (unpaired) electrons. The number of aromatic amines is 1. The van der Waals surface area contributed by atoms with Crippen molar-refractivity contribution in [1.29, 1.82) is 0 Å². The number of imidazole rings is 1. The summed E-state index contributed by atoms with van der Waals surface area (Å²) in [5.41, 5.74) is 3.11. The quantitative estimate of drug-likeness (QED) is 0.586. The predicted octanol–water partition coefficient (Wildman–Crippen LogP) is 2.19. The van der Waals surface area contributed by atoms with Crippen molar-refractivity contribution in [3.63, 3.8) is 0 Å². The fourth-order valence-electron chi connectivity index (χ4n) is 3.14. The Kier molecular flexibility index (Phi) is 3.49. The van der Waals surface area contributed by atoms with Gasteiger partial charge in [-0.25, -0.2) is 9.97 Å². The maximum atomic E-state index is 11.2. The van der Waals surface area contributed by atoms with Crippen LogP contribution in [0.4, 0.5) is 17.2 Å². The molecule has 0 amide bonds. The molecule has 0 bridgehead atoms. The van der Waals surface area contributed by atoms with Gasteiger partial charge in [0.15, 0.2) is 0 Å². The standard InChI is InChI=1S/C16H16N6O2/c23-22(24)14-5-2-6-17-16(14)21-9-7-20(8-10-21)13-4-1-3-12-15(13)19-11-18-12/h1-6,11H,7-10H2,(H,18,19). The van der Waals surface area contributed by atoms with Gasteiger partial charge in [-0.05, 0) is 18.2 Å². The van der Waals surface area contributed by atoms with Crippen LogP contribution in [-0.2, 0) is 0 Å². The molecule has 0 unspecified atom stereocenters. The zero-order chi connectivity index (χ0) is 16.5. The van der Waals surface area contributed by atoms with Crippen LogP contribution >= 0.6 is 0 Å². The van der Waals surface area contributed by atoms with Crippen LogP contribution in [-0.4, -0.2) is 46.1 Å². The Morgan fingerprint density at radius 2 is 1.83 bits per heavy atom. The van der Waals surface area contributed by atoms with Crippen LogP contribution < -0.4 is 9.80 Å². The van der Waals surface area contributed by atoms with Crippen molar-refractivity contribution < 1.29 is 4.92 Å². The lowest BCUT2D eigenvalue weighted by molar-refractivity contribution is -0.384. The summed E-state index contributed by atoms with van der Waals surface area (Å²) >= 11 is 0. The summed E-state index contributed by atoms with van der Waals surface area (Å²) in [4.78, 5) is 26.8. The smallest absolute Gasteiger partial charge is 0.311 e. The second-order valence-electron chi connectivity index (χ2n) is 5.65. The molecule has 4 rings (SSSR count). The minimum Gasteiger partial charge on any atom is -0.366 e. The molecule has 1 saturated heterocycles. The van der Waals surface area contributed by atoms with Crippen molar-refractivity contribution >= 4 is 28.2 Å². The van der Waals surface area contributed by atoms with Crippen LogP contribution in [0.15, 0.2) is 42.9 Å². The van der Waals surface area contributed by atoms with Gasteiger partial charge in [-0.2, -0.15) is 0 Å². The number of nitro groups is 1. The van der Waals surface area contributed by atoms with Gasteiger partial charge < -0.3 is 14.8 Å². The third kappa shape index (κ3) is 2.41. The predicted molar refractivity (Wildman–Crippen MR) is 91.4 cm³/mol. The molecular weight excluding hydrogens is 308 g/mol. The van der Waals surface area contributed by atoms with E-state index in [0.717, 1.165) is 29.8 Å². The van der Waals surface area contributed by atoms with Gasteiger partial charge in [-0.15, -0.1) is 0 Å². The van der Waals surface area contributed by atoms with Crippen LogP contribution in [0.2, 0.25) is 0 Å². The Bertz CT molecular complexity index is 885. The Labute approximate surface area is 137 Å². The number of rotatable bonds is 3. The number of H-pyrrole nitrogens is 1. The lowest BCUT2D eigenvalue weighted by Crippen LogP contribution is -2.47. The van der Waals surface area contributed by atoms with E-state index in [-0.39, 0.29) is 10.6 Å². The van der Waals surface area contributed by atoms with E-state index in [1.807, 2.05) is 17.0 Å². The molecule has 1 N–H and O–H groups in total. The molecule has 8 nitrogen and oxygen atoms in total. The summed E-state index contributed by atoms with van der Waals surface area (Å²) in [5, 5.41) is 11.2. The number of piperazine rings is 1. The average Bonchev–Trinajstić information content (AvgIpc) is 3.10. The topological polar surface area (TPSA) is 91.2 Å². The van der Waals surface area contributed by atoms with Crippen molar-refractivity contribution in [2.45, 2.75) is 0 Å². The van der Waals surface area contributed by atoms with Crippen molar-refractivity contribution in [2.75, 3.05) is 36.0 Å². The number of hydrogen-bond acceptors (Lipinski definition) is 6. The van der Waals surface area contributed by atoms with Crippen molar-refractivity contribution in [3.05, 3.63) is 53.0 Å². The molecule has 2 aromatic heterocycles. The van der Waals surface area contributed by atoms with Gasteiger partial charge in [0.05, 0.1) is 22.5 Å². The number of anilines is 2. The van der Waals surface area contributed by atoms with E-state index in [1.165, 1.54) is 6.07 Å². The maximum absolute atomic E-state index is 11.2. The van der Waals surface area contributed by atoms with Crippen LogP contribution in [0.1, 0.15) is 0 Å². The zero-order valence-electron chi connectivity index (χ0n) is 12.9. The Morgan fingerprint density at radius 1 is 1.04 bits per heavy atom. The molecule has 1 aliphatic heterocycles. The molecule has 0 atom stereocenters. The number of pyridine rings is 1. The van der Waals surface area contributed by atoms with Gasteiger partial charge in [-0.1, -0.05) is 6.07 Å². The van der Waals surface area contributed by atoms with E-state index in [4.69, 9.17) is 0 Å². The Hall–Kier alpha value is -3.16. The highest BCUT2D eigenvalue weighted by molar-refractivity contribution is 5.88. The van der Waals surface area contributed by atoms with Gasteiger partial charge in [0.1, 0.15) is 5.52 Å². The molecule has 3 heterocycles. The summed E-state index contributed by atoms with van der Waals surface area (Å²) < 4.78 is 0. The van der Waals surface area contributed by atoms with E-state index in [1.54, 1.807) is 18.6 Å². The fraction of sp³-hybridized carbons (Fsp3) is 0.250. The molecule has 0 aliphatic carbocycles. The number of fused-ring (bicyclic) bond motifs is 1. The second kappa shape index (κ2) is 5.80. The molecule has 0 saturated carbocycles. The molecule has 8 heteroatoms. The van der Waals surface area contributed by atoms with E-state index >= 15 is 0 Å². The normalized spacial score (nSPS) is 15.0. The number of nitrogens with zero attached hydrogens (tertiary/aromatic N) is 5. The first-order chi connectivity index (χ1) is 11.7. The van der Waals surface area contributed by atoms with Crippen LogP contribution in [0.5, 0.6) is 0 Å². The lowest BCUT2D eigenvalue weighted by atomic mass is 10.2. The lowest BCUT2D eigenvalue weighted by Gasteiger charge is -2.36. The first kappa shape index (κ1) is 14.4. The van der Waals surface area contributed by atoms with Crippen molar-refractivity contribution in [2.24, 2.45) is 0 Å². The van der Waals surface area contributed by atoms with Crippen molar-refractivity contribution in [3.8, 4) is 0 Å². The second-order valence-corrected chi connectivity index (χ2v) is 5.65. The van der Waals surface area contributed by atoms with Crippen molar-refractivity contribution in [1.82, 2.24) is 15.0 Å². The third-order valence-corrected chi connectivity index (χ3v) is 4.31. The van der Waals surface area contributed by atoms with Gasteiger partial charge in [0.25, 0.3) is 0 Å². The van der Waals surface area contributed by atoms with Crippen LogP contribution in [0, 0.1) is 10.1 Å².